The van der Waals surface area contributed by atoms with Crippen LogP contribution in [0.3, 0.4) is 0 Å². The van der Waals surface area contributed by atoms with E-state index in [1.165, 1.54) is 38.2 Å². The average Bonchev–Trinajstić information content (AvgIpc) is 3.48. The second kappa shape index (κ2) is 10.4. The van der Waals surface area contributed by atoms with Crippen LogP contribution in [0, 0.1) is 18.2 Å². The molecule has 6 rings (SSSR count). The molecule has 196 valence electrons. The molecule has 0 spiro atoms. The fraction of sp³-hybridized carbons (Fsp3) is 0.345. The third kappa shape index (κ3) is 4.79. The number of alkyl halides is 1. The number of halogens is 2. The summed E-state index contributed by atoms with van der Waals surface area (Å²) >= 11 is 0. The van der Waals surface area contributed by atoms with Gasteiger partial charge in [-0.2, -0.15) is 4.98 Å². The number of pyridine rings is 1. The fourth-order valence-electron chi connectivity index (χ4n) is 5.37. The molecular weight excluding hydrogens is 488 g/mol. The molecule has 2 aromatic carbocycles. The molecule has 4 aromatic rings. The molecule has 7 nitrogen and oxygen atoms in total. The maximum atomic E-state index is 14.4. The summed E-state index contributed by atoms with van der Waals surface area (Å²) in [5.41, 5.74) is 1.71. The Labute approximate surface area is 220 Å². The van der Waals surface area contributed by atoms with Crippen LogP contribution in [0.1, 0.15) is 24.8 Å². The van der Waals surface area contributed by atoms with Gasteiger partial charge in [-0.1, -0.05) is 12.0 Å². The van der Waals surface area contributed by atoms with Gasteiger partial charge in [0.05, 0.1) is 29.3 Å². The summed E-state index contributed by atoms with van der Waals surface area (Å²) in [5, 5.41) is 12.1. The van der Waals surface area contributed by atoms with E-state index in [1.54, 1.807) is 18.3 Å². The van der Waals surface area contributed by atoms with Crippen molar-refractivity contribution in [3.05, 3.63) is 47.9 Å². The van der Waals surface area contributed by atoms with Crippen LogP contribution in [0.15, 0.2) is 36.5 Å². The monoisotopic (exact) mass is 517 g/mol. The average molecular weight is 518 g/mol. The Hall–Kier alpha value is -4.03. The molecule has 2 aliphatic rings. The second-order valence-corrected chi connectivity index (χ2v) is 9.80. The Morgan fingerprint density at radius 2 is 2.03 bits per heavy atom. The zero-order valence-corrected chi connectivity index (χ0v) is 21.6. The summed E-state index contributed by atoms with van der Waals surface area (Å²) in [6.07, 6.45) is 10.0. The van der Waals surface area contributed by atoms with Gasteiger partial charge in [0, 0.05) is 43.8 Å². The number of rotatable bonds is 3. The number of phenols is 1. The van der Waals surface area contributed by atoms with Crippen molar-refractivity contribution in [3.63, 3.8) is 0 Å². The molecule has 0 saturated carbocycles. The van der Waals surface area contributed by atoms with Gasteiger partial charge >= 0.3 is 6.01 Å². The maximum absolute atomic E-state index is 14.4. The van der Waals surface area contributed by atoms with Crippen LogP contribution < -0.4 is 9.64 Å². The van der Waals surface area contributed by atoms with Gasteiger partial charge in [0.1, 0.15) is 23.6 Å². The molecule has 4 heterocycles. The SMILES string of the molecule is C#Cc1c(F)ccc2cc(O)cc(-c3cc4nc(OC)ncc4c(N(C)C)n3)c12.FC1CC2CCCN2C1. The number of methoxy groups -OCH3 is 1. The first kappa shape index (κ1) is 25.6. The first-order chi connectivity index (χ1) is 18.3. The van der Waals surface area contributed by atoms with Crippen LogP contribution in [0.25, 0.3) is 32.9 Å². The highest BCUT2D eigenvalue weighted by atomic mass is 19.1. The van der Waals surface area contributed by atoms with Crippen molar-refractivity contribution in [3.8, 4) is 35.4 Å². The number of aromatic hydroxyl groups is 1. The number of anilines is 1. The van der Waals surface area contributed by atoms with Gasteiger partial charge in [-0.15, -0.1) is 6.42 Å². The van der Waals surface area contributed by atoms with E-state index in [0.29, 0.717) is 46.0 Å². The van der Waals surface area contributed by atoms with Gasteiger partial charge in [0.2, 0.25) is 0 Å². The summed E-state index contributed by atoms with van der Waals surface area (Å²) < 4.78 is 32.1. The molecule has 2 fully saturated rings. The van der Waals surface area contributed by atoms with Gasteiger partial charge in [-0.25, -0.2) is 18.7 Å². The van der Waals surface area contributed by atoms with Crippen molar-refractivity contribution >= 4 is 27.5 Å². The summed E-state index contributed by atoms with van der Waals surface area (Å²) in [4.78, 5) is 17.4. The quantitative estimate of drug-likeness (QED) is 0.386. The van der Waals surface area contributed by atoms with E-state index in [2.05, 4.69) is 20.8 Å². The number of hydrogen-bond acceptors (Lipinski definition) is 7. The third-order valence-corrected chi connectivity index (χ3v) is 7.07. The molecule has 2 atom stereocenters. The zero-order valence-electron chi connectivity index (χ0n) is 21.6. The van der Waals surface area contributed by atoms with Crippen molar-refractivity contribution in [2.75, 3.05) is 39.2 Å². The molecule has 0 bridgehead atoms. The molecule has 2 aromatic heterocycles. The van der Waals surface area contributed by atoms with Crippen molar-refractivity contribution in [1.82, 2.24) is 19.9 Å². The van der Waals surface area contributed by atoms with Gasteiger partial charge in [-0.05, 0) is 55.5 Å². The van der Waals surface area contributed by atoms with Crippen molar-refractivity contribution in [2.45, 2.75) is 31.5 Å². The highest BCUT2D eigenvalue weighted by molar-refractivity contribution is 6.03. The van der Waals surface area contributed by atoms with Gasteiger partial charge in [0.15, 0.2) is 0 Å². The number of aromatic nitrogens is 3. The number of phenolic OH excluding ortho intramolecular Hbond substituents is 1. The largest absolute Gasteiger partial charge is 0.508 e. The topological polar surface area (TPSA) is 74.6 Å². The lowest BCUT2D eigenvalue weighted by molar-refractivity contribution is 0.292. The molecule has 2 saturated heterocycles. The Morgan fingerprint density at radius 3 is 2.74 bits per heavy atom. The van der Waals surface area contributed by atoms with Crippen molar-refractivity contribution in [2.24, 2.45) is 0 Å². The Morgan fingerprint density at radius 1 is 1.21 bits per heavy atom. The number of benzene rings is 2. The highest BCUT2D eigenvalue weighted by Crippen LogP contribution is 2.37. The maximum Gasteiger partial charge on any atom is 0.316 e. The summed E-state index contributed by atoms with van der Waals surface area (Å²) in [5.74, 6) is 2.55. The minimum Gasteiger partial charge on any atom is -0.508 e. The predicted molar refractivity (Wildman–Crippen MR) is 145 cm³/mol. The number of terminal acetylenes is 1. The number of ether oxygens (including phenoxy) is 1. The highest BCUT2D eigenvalue weighted by Gasteiger charge is 2.34. The van der Waals surface area contributed by atoms with Crippen LogP contribution in [-0.2, 0) is 0 Å². The van der Waals surface area contributed by atoms with E-state index in [0.717, 1.165) is 18.4 Å². The van der Waals surface area contributed by atoms with Crippen molar-refractivity contribution in [1.29, 1.82) is 0 Å². The Balaban J connectivity index is 0.000000273. The molecule has 0 aliphatic carbocycles. The molecule has 1 N–H and O–H groups in total. The van der Waals surface area contributed by atoms with Crippen LogP contribution in [0.4, 0.5) is 14.6 Å². The van der Waals surface area contributed by atoms with Gasteiger partial charge in [0.25, 0.3) is 0 Å². The standard InChI is InChI=1S/C22H17FN4O2.C7H12FN/c1-5-14-17(23)7-6-12-8-13(28)9-15(20(12)14)18-10-19-16(21(25-18)27(2)3)11-24-22(26-19)29-4;8-6-4-7-2-1-3-9(7)5-6/h1,6-11,28H,2-4H3;6-7H,1-5H2. The molecular formula is C29H29F2N5O2. The summed E-state index contributed by atoms with van der Waals surface area (Å²) in [7, 11) is 5.19. The Bertz CT molecular complexity index is 1540. The van der Waals surface area contributed by atoms with E-state index in [4.69, 9.17) is 16.1 Å². The normalized spacial score (nSPS) is 18.6. The lowest BCUT2D eigenvalue weighted by atomic mass is 9.96. The summed E-state index contributed by atoms with van der Waals surface area (Å²) in [6.45, 7) is 1.86. The third-order valence-electron chi connectivity index (χ3n) is 7.07. The van der Waals surface area contributed by atoms with E-state index in [-0.39, 0.29) is 17.3 Å². The van der Waals surface area contributed by atoms with Crippen molar-refractivity contribution < 1.29 is 18.6 Å². The Kier molecular flexibility index (Phi) is 7.00. The predicted octanol–water partition coefficient (Wildman–Crippen LogP) is 4.94. The van der Waals surface area contributed by atoms with Crippen LogP contribution in [0.2, 0.25) is 0 Å². The molecule has 9 heteroatoms. The van der Waals surface area contributed by atoms with E-state index >= 15 is 0 Å². The lowest BCUT2D eigenvalue weighted by Crippen LogP contribution is -2.22. The van der Waals surface area contributed by atoms with E-state index in [1.807, 2.05) is 19.0 Å². The van der Waals surface area contributed by atoms with Crippen LogP contribution in [-0.4, -0.2) is 71.5 Å². The van der Waals surface area contributed by atoms with E-state index in [9.17, 15) is 13.9 Å². The van der Waals surface area contributed by atoms with E-state index < -0.39 is 12.0 Å². The number of hydrogen-bond donors (Lipinski definition) is 1. The van der Waals surface area contributed by atoms with Crippen LogP contribution >= 0.6 is 0 Å². The number of nitrogens with zero attached hydrogens (tertiary/aromatic N) is 5. The molecule has 2 unspecified atom stereocenters. The summed E-state index contributed by atoms with van der Waals surface area (Å²) in [6, 6.07) is 8.50. The smallest absolute Gasteiger partial charge is 0.316 e. The zero-order chi connectivity index (χ0) is 27.0. The second-order valence-electron chi connectivity index (χ2n) is 9.80. The first-order valence-corrected chi connectivity index (χ1v) is 12.5. The molecule has 0 amide bonds. The molecule has 2 aliphatic heterocycles. The minimum atomic E-state index is -0.518. The minimum absolute atomic E-state index is 0.0237. The lowest BCUT2D eigenvalue weighted by Gasteiger charge is -2.17. The fourth-order valence-corrected chi connectivity index (χ4v) is 5.37. The van der Waals surface area contributed by atoms with Gasteiger partial charge < -0.3 is 14.7 Å². The first-order valence-electron chi connectivity index (χ1n) is 12.5. The van der Waals surface area contributed by atoms with Crippen LogP contribution in [0.5, 0.6) is 11.8 Å². The van der Waals surface area contributed by atoms with Gasteiger partial charge in [-0.3, -0.25) is 4.90 Å². The number of fused-ring (bicyclic) bond motifs is 3. The molecule has 38 heavy (non-hydrogen) atoms. The molecule has 0 radical (unpaired) electrons.